The largest absolute Gasteiger partial charge is 0.484 e. The summed E-state index contributed by atoms with van der Waals surface area (Å²) < 4.78 is 12.3. The summed E-state index contributed by atoms with van der Waals surface area (Å²) in [6, 6.07) is 14.1. The molecule has 12 heteroatoms. The summed E-state index contributed by atoms with van der Waals surface area (Å²) in [5.74, 6) is 2.27. The summed E-state index contributed by atoms with van der Waals surface area (Å²) in [6.45, 7) is 10.0. The van der Waals surface area contributed by atoms with Crippen LogP contribution in [0.3, 0.4) is 0 Å². The standard InChI is InChI=1S/C36H45N9O3/c1-24-9-7-8-16-43(24)35-41-40-32-15-12-27(23-45(32)35)48-31-14-13-30(28-10-5-6-11-29(28)31)38-34(47)39-33-19-25(36(2,3)4)21-44(33)26-20-37-42(22-26)17-18-46/h5-6,10-12,15,19-24,30-31,46H,7-9,13-14,16-18H2,1-4H3,(H2,38,39,47)/t24-,30-,31+/m0/s1. The molecule has 1 aromatic carbocycles. The quantitative estimate of drug-likeness (QED) is 0.183. The molecule has 1 aliphatic heterocycles. The van der Waals surface area contributed by atoms with Crippen LogP contribution in [0.1, 0.15) is 88.6 Å². The van der Waals surface area contributed by atoms with Gasteiger partial charge >= 0.3 is 6.03 Å². The minimum Gasteiger partial charge on any atom is -0.484 e. The number of carbonyl (C=O) groups is 1. The third-order valence-electron chi connectivity index (χ3n) is 9.59. The molecule has 0 radical (unpaired) electrons. The van der Waals surface area contributed by atoms with Gasteiger partial charge in [0.05, 0.1) is 37.3 Å². The highest BCUT2D eigenvalue weighted by Crippen LogP contribution is 2.39. The summed E-state index contributed by atoms with van der Waals surface area (Å²) in [7, 11) is 0. The van der Waals surface area contributed by atoms with Crippen LogP contribution in [0.5, 0.6) is 5.75 Å². The predicted molar refractivity (Wildman–Crippen MR) is 185 cm³/mol. The van der Waals surface area contributed by atoms with Crippen molar-refractivity contribution < 1.29 is 14.6 Å². The fourth-order valence-corrected chi connectivity index (χ4v) is 6.90. The lowest BCUT2D eigenvalue weighted by molar-refractivity contribution is 0.171. The molecule has 5 heterocycles. The normalized spacial score (nSPS) is 19.7. The zero-order valence-corrected chi connectivity index (χ0v) is 28.1. The second-order valence-electron chi connectivity index (χ2n) is 14.0. The number of aliphatic hydroxyl groups is 1. The lowest BCUT2D eigenvalue weighted by atomic mass is 9.85. The number of urea groups is 1. The highest BCUT2D eigenvalue weighted by molar-refractivity contribution is 5.89. The summed E-state index contributed by atoms with van der Waals surface area (Å²) in [5, 5.41) is 29.0. The minimum absolute atomic E-state index is 0.00134. The Morgan fingerprint density at radius 2 is 1.85 bits per heavy atom. The molecule has 2 aliphatic rings. The summed E-state index contributed by atoms with van der Waals surface area (Å²) in [4.78, 5) is 15.9. The zero-order valence-electron chi connectivity index (χ0n) is 28.1. The van der Waals surface area contributed by atoms with Crippen molar-refractivity contribution in [1.82, 2.24) is 34.3 Å². The summed E-state index contributed by atoms with van der Waals surface area (Å²) in [6.07, 6.45) is 12.5. The molecule has 7 rings (SSSR count). The van der Waals surface area contributed by atoms with Crippen molar-refractivity contribution in [2.24, 2.45) is 0 Å². The zero-order chi connectivity index (χ0) is 33.4. The van der Waals surface area contributed by atoms with Crippen LogP contribution < -0.4 is 20.3 Å². The molecule has 12 nitrogen and oxygen atoms in total. The minimum atomic E-state index is -0.283. The number of amides is 2. The van der Waals surface area contributed by atoms with Gasteiger partial charge in [0.2, 0.25) is 5.95 Å². The lowest BCUT2D eigenvalue weighted by Gasteiger charge is -2.33. The van der Waals surface area contributed by atoms with Crippen LogP contribution in [0, 0.1) is 0 Å². The fraction of sp³-hybridized carbons (Fsp3) is 0.444. The number of aliphatic hydroxyl groups excluding tert-OH is 1. The number of rotatable bonds is 8. The second kappa shape index (κ2) is 13.0. The van der Waals surface area contributed by atoms with Crippen LogP contribution in [0.25, 0.3) is 11.3 Å². The molecule has 0 spiro atoms. The van der Waals surface area contributed by atoms with Gasteiger partial charge in [0.25, 0.3) is 0 Å². The van der Waals surface area contributed by atoms with Gasteiger partial charge in [-0.2, -0.15) is 5.10 Å². The van der Waals surface area contributed by atoms with Gasteiger partial charge in [0.1, 0.15) is 17.7 Å². The second-order valence-corrected chi connectivity index (χ2v) is 14.0. The van der Waals surface area contributed by atoms with Crippen molar-refractivity contribution >= 4 is 23.4 Å². The molecule has 0 unspecified atom stereocenters. The molecule has 48 heavy (non-hydrogen) atoms. The van der Waals surface area contributed by atoms with Gasteiger partial charge < -0.3 is 20.1 Å². The Labute approximate surface area is 280 Å². The van der Waals surface area contributed by atoms with Crippen molar-refractivity contribution in [2.75, 3.05) is 23.4 Å². The third kappa shape index (κ3) is 6.36. The fourth-order valence-electron chi connectivity index (χ4n) is 6.90. The highest BCUT2D eigenvalue weighted by atomic mass is 16.5. The number of ether oxygens (including phenoxy) is 1. The molecule has 1 saturated heterocycles. The molecule has 2 amide bonds. The van der Waals surface area contributed by atoms with E-state index >= 15 is 0 Å². The van der Waals surface area contributed by atoms with Crippen molar-refractivity contribution in [1.29, 1.82) is 0 Å². The van der Waals surface area contributed by atoms with Crippen LogP contribution in [0.2, 0.25) is 0 Å². The number of fused-ring (bicyclic) bond motifs is 2. The Hall–Kier alpha value is -4.84. The topological polar surface area (TPSA) is 127 Å². The molecule has 0 bridgehead atoms. The first kappa shape index (κ1) is 31.7. The number of nitrogens with one attached hydrogen (secondary N) is 2. The predicted octanol–water partition coefficient (Wildman–Crippen LogP) is 6.16. The smallest absolute Gasteiger partial charge is 0.320 e. The molecular weight excluding hydrogens is 606 g/mol. The van der Waals surface area contributed by atoms with E-state index in [4.69, 9.17) is 4.74 Å². The summed E-state index contributed by atoms with van der Waals surface area (Å²) >= 11 is 0. The van der Waals surface area contributed by atoms with Crippen molar-refractivity contribution in [3.05, 3.63) is 83.9 Å². The Balaban J connectivity index is 1.08. The number of pyridine rings is 1. The molecule has 1 aliphatic carbocycles. The van der Waals surface area contributed by atoms with Gasteiger partial charge in [-0.1, -0.05) is 45.0 Å². The highest BCUT2D eigenvalue weighted by Gasteiger charge is 2.30. The Morgan fingerprint density at radius 1 is 1.02 bits per heavy atom. The van der Waals surface area contributed by atoms with Gasteiger partial charge in [0.15, 0.2) is 5.65 Å². The van der Waals surface area contributed by atoms with Crippen LogP contribution in [0.15, 0.2) is 67.3 Å². The third-order valence-corrected chi connectivity index (χ3v) is 9.59. The number of anilines is 2. The average Bonchev–Trinajstić information content (AvgIpc) is 3.81. The first-order chi connectivity index (χ1) is 23.2. The van der Waals surface area contributed by atoms with Gasteiger partial charge in [-0.25, -0.2) is 4.79 Å². The van der Waals surface area contributed by atoms with E-state index in [9.17, 15) is 9.90 Å². The maximum atomic E-state index is 13.6. The van der Waals surface area contributed by atoms with Crippen molar-refractivity contribution in [3.63, 3.8) is 0 Å². The van der Waals surface area contributed by atoms with E-state index in [0.717, 1.165) is 72.0 Å². The van der Waals surface area contributed by atoms with Crippen LogP contribution in [-0.2, 0) is 12.0 Å². The van der Waals surface area contributed by atoms with Gasteiger partial charge in [-0.15, -0.1) is 10.2 Å². The first-order valence-electron chi connectivity index (χ1n) is 17.0. The number of hydrogen-bond acceptors (Lipinski definition) is 7. The van der Waals surface area contributed by atoms with E-state index in [2.05, 4.69) is 70.7 Å². The number of aromatic nitrogens is 6. The van der Waals surface area contributed by atoms with E-state index in [1.807, 2.05) is 57.9 Å². The maximum absolute atomic E-state index is 13.6. The number of piperidine rings is 1. The Morgan fingerprint density at radius 3 is 2.65 bits per heavy atom. The average molecular weight is 652 g/mol. The Kier molecular flexibility index (Phi) is 8.59. The maximum Gasteiger partial charge on any atom is 0.320 e. The molecule has 5 aromatic rings. The van der Waals surface area contributed by atoms with Gasteiger partial charge in [-0.3, -0.25) is 19.0 Å². The molecule has 3 N–H and O–H groups in total. The number of benzene rings is 1. The van der Waals surface area contributed by atoms with Crippen molar-refractivity contribution in [3.8, 4) is 11.4 Å². The van der Waals surface area contributed by atoms with Crippen LogP contribution in [-0.4, -0.2) is 59.3 Å². The monoisotopic (exact) mass is 651 g/mol. The molecule has 3 atom stereocenters. The van der Waals surface area contributed by atoms with E-state index in [1.165, 1.54) is 6.42 Å². The molecular formula is C36H45N9O3. The van der Waals surface area contributed by atoms with Crippen molar-refractivity contribution in [2.45, 2.75) is 89.9 Å². The van der Waals surface area contributed by atoms with Crippen LogP contribution in [0.4, 0.5) is 16.6 Å². The van der Waals surface area contributed by atoms with Crippen LogP contribution >= 0.6 is 0 Å². The summed E-state index contributed by atoms with van der Waals surface area (Å²) in [5.41, 5.74) is 4.68. The number of carbonyl (C=O) groups excluding carboxylic acids is 1. The molecule has 1 fully saturated rings. The Bertz CT molecular complexity index is 1900. The number of hydrogen-bond donors (Lipinski definition) is 3. The van der Waals surface area contributed by atoms with E-state index in [1.54, 1.807) is 10.9 Å². The first-order valence-corrected chi connectivity index (χ1v) is 17.0. The van der Waals surface area contributed by atoms with E-state index < -0.39 is 0 Å². The van der Waals surface area contributed by atoms with E-state index in [-0.39, 0.29) is 30.2 Å². The SMILES string of the molecule is C[C@H]1CCCCN1c1nnc2ccc(O[C@@H]3CC[C@H](NC(=O)Nc4cc(C(C)(C)C)cn4-c4cnn(CCO)c4)c4ccccc43)cn12. The lowest BCUT2D eigenvalue weighted by Crippen LogP contribution is -2.38. The molecule has 252 valence electrons. The number of nitrogens with zero attached hydrogens (tertiary/aromatic N) is 7. The molecule has 4 aromatic heterocycles. The molecule has 0 saturated carbocycles. The van der Waals surface area contributed by atoms with Gasteiger partial charge in [-0.05, 0) is 79.3 Å². The van der Waals surface area contributed by atoms with E-state index in [0.29, 0.717) is 18.4 Å². The van der Waals surface area contributed by atoms with Gasteiger partial charge in [0, 0.05) is 25.0 Å².